The first-order chi connectivity index (χ1) is 16.0. The van der Waals surface area contributed by atoms with E-state index in [9.17, 15) is 14.4 Å². The van der Waals surface area contributed by atoms with Gasteiger partial charge in [0.2, 0.25) is 5.91 Å². The number of rotatable bonds is 6. The molecule has 1 aliphatic heterocycles. The van der Waals surface area contributed by atoms with Crippen molar-refractivity contribution in [1.29, 1.82) is 5.26 Å². The molecular weight excluding hydrogens is 439 g/mol. The number of hydrogen-bond acceptors (Lipinski definition) is 6. The molecule has 0 saturated carbocycles. The largest absolute Gasteiger partial charge is 0.497 e. The zero-order valence-electron chi connectivity index (χ0n) is 18.4. The highest BCUT2D eigenvalue weighted by Gasteiger charge is 2.25. The van der Waals surface area contributed by atoms with Crippen LogP contribution < -0.4 is 10.1 Å². The average molecular weight is 463 g/mol. The number of nitrogens with one attached hydrogen (secondary N) is 1. The third kappa shape index (κ3) is 5.00. The summed E-state index contributed by atoms with van der Waals surface area (Å²) in [4.78, 5) is 19.4. The number of nitrogens with zero attached hydrogens (tertiary/aromatic N) is 3. The minimum atomic E-state index is -0.494. The Labute approximate surface area is 196 Å². The number of para-hydroxylation sites is 1. The maximum Gasteiger partial charge on any atom is 0.234 e. The van der Waals surface area contributed by atoms with Crippen LogP contribution in [-0.4, -0.2) is 42.2 Å². The van der Waals surface area contributed by atoms with Crippen LogP contribution in [0.1, 0.15) is 16.8 Å². The van der Waals surface area contributed by atoms with E-state index in [0.29, 0.717) is 17.1 Å². The van der Waals surface area contributed by atoms with Gasteiger partial charge in [-0.2, -0.15) is 5.26 Å². The number of likely N-dealkylation sites (N-methyl/N-ethyl adjacent to an activating group) is 1. The molecule has 0 bridgehead atoms. The van der Waals surface area contributed by atoms with Crippen LogP contribution in [0.25, 0.3) is 11.1 Å². The summed E-state index contributed by atoms with van der Waals surface area (Å²) in [6.07, 6.45) is 0.760. The first kappa shape index (κ1) is 22.8. The summed E-state index contributed by atoms with van der Waals surface area (Å²) in [7, 11) is 3.66. The quantitative estimate of drug-likeness (QED) is 0.544. The average Bonchev–Trinajstić information content (AvgIpc) is 2.83. The van der Waals surface area contributed by atoms with E-state index in [1.807, 2.05) is 31.3 Å². The Hall–Kier alpha value is -3.41. The summed E-state index contributed by atoms with van der Waals surface area (Å²) in [6, 6.07) is 15.9. The van der Waals surface area contributed by atoms with Crippen molar-refractivity contribution in [2.75, 3.05) is 31.8 Å². The van der Waals surface area contributed by atoms with E-state index in [4.69, 9.17) is 9.72 Å². The Morgan fingerprint density at radius 3 is 2.73 bits per heavy atom. The van der Waals surface area contributed by atoms with Crippen LogP contribution in [0.4, 0.5) is 10.1 Å². The summed E-state index contributed by atoms with van der Waals surface area (Å²) < 4.78 is 19.1. The predicted molar refractivity (Wildman–Crippen MR) is 127 cm³/mol. The molecule has 0 unspecified atom stereocenters. The summed E-state index contributed by atoms with van der Waals surface area (Å²) in [5.41, 5.74) is 4.29. The number of amides is 1. The number of pyridine rings is 1. The first-order valence-electron chi connectivity index (χ1n) is 10.5. The second-order valence-electron chi connectivity index (χ2n) is 7.74. The zero-order valence-corrected chi connectivity index (χ0v) is 19.2. The molecule has 3 aromatic rings. The number of methoxy groups -OCH3 is 1. The van der Waals surface area contributed by atoms with Crippen LogP contribution >= 0.6 is 11.8 Å². The lowest BCUT2D eigenvalue weighted by Gasteiger charge is -2.28. The Balaban J connectivity index is 1.67. The maximum absolute atomic E-state index is 13.9. The number of anilines is 1. The molecule has 4 rings (SSSR count). The van der Waals surface area contributed by atoms with Crippen LogP contribution in [-0.2, 0) is 17.8 Å². The highest BCUT2D eigenvalue weighted by atomic mass is 32.2. The monoisotopic (exact) mass is 462 g/mol. The molecule has 8 heteroatoms. The number of halogens is 1. The molecule has 1 aromatic heterocycles. The minimum absolute atomic E-state index is 0.0107. The summed E-state index contributed by atoms with van der Waals surface area (Å²) >= 11 is 1.19. The highest BCUT2D eigenvalue weighted by Crippen LogP contribution is 2.37. The fourth-order valence-corrected chi connectivity index (χ4v) is 4.64. The van der Waals surface area contributed by atoms with Crippen LogP contribution in [0.15, 0.2) is 53.6 Å². The molecule has 0 saturated heterocycles. The van der Waals surface area contributed by atoms with Crippen molar-refractivity contribution >= 4 is 23.4 Å². The van der Waals surface area contributed by atoms with Crippen LogP contribution in [0.3, 0.4) is 0 Å². The lowest BCUT2D eigenvalue weighted by atomic mass is 9.92. The van der Waals surface area contributed by atoms with E-state index in [1.54, 1.807) is 19.2 Å². The number of carbonyl (C=O) groups is 1. The summed E-state index contributed by atoms with van der Waals surface area (Å²) in [5.74, 6) is -0.112. The standard InChI is InChI=1S/C25H23FN4O2S/c1-30-12-11-21-19(14-30)24(16-7-9-17(32-2)10-8-16)18(13-27)25(29-21)33-15-23(31)28-22-6-4-3-5-20(22)26/h3-10H,11-12,14-15H2,1-2H3,(H,28,31). The van der Waals surface area contributed by atoms with Gasteiger partial charge in [-0.1, -0.05) is 36.0 Å². The van der Waals surface area contributed by atoms with Crippen molar-refractivity contribution in [3.05, 3.63) is 71.2 Å². The van der Waals surface area contributed by atoms with E-state index in [-0.39, 0.29) is 17.3 Å². The van der Waals surface area contributed by atoms with Gasteiger partial charge in [0.15, 0.2) is 0 Å². The van der Waals surface area contributed by atoms with E-state index in [0.717, 1.165) is 41.1 Å². The van der Waals surface area contributed by atoms with Crippen molar-refractivity contribution in [2.24, 2.45) is 0 Å². The van der Waals surface area contributed by atoms with Crippen LogP contribution in [0.2, 0.25) is 0 Å². The minimum Gasteiger partial charge on any atom is -0.497 e. The number of nitriles is 1. The lowest BCUT2D eigenvalue weighted by molar-refractivity contribution is -0.113. The second-order valence-corrected chi connectivity index (χ2v) is 8.70. The van der Waals surface area contributed by atoms with Gasteiger partial charge in [0.05, 0.1) is 24.1 Å². The lowest BCUT2D eigenvalue weighted by Crippen LogP contribution is -2.28. The number of hydrogen-bond donors (Lipinski definition) is 1. The molecule has 2 heterocycles. The molecule has 1 aliphatic rings. The molecule has 0 fully saturated rings. The Bertz CT molecular complexity index is 1220. The van der Waals surface area contributed by atoms with Crippen molar-refractivity contribution in [1.82, 2.24) is 9.88 Å². The molecule has 1 N–H and O–H groups in total. The van der Waals surface area contributed by atoms with Gasteiger partial charge >= 0.3 is 0 Å². The number of benzene rings is 2. The van der Waals surface area contributed by atoms with Crippen LogP contribution in [0, 0.1) is 17.1 Å². The van der Waals surface area contributed by atoms with Gasteiger partial charge in [-0.05, 0) is 42.4 Å². The SMILES string of the molecule is COc1ccc(-c2c(C#N)c(SCC(=O)Nc3ccccc3F)nc3c2CN(C)CC3)cc1. The Kier molecular flexibility index (Phi) is 6.92. The Morgan fingerprint density at radius 2 is 2.03 bits per heavy atom. The summed E-state index contributed by atoms with van der Waals surface area (Å²) in [5, 5.41) is 13.2. The number of fused-ring (bicyclic) bond motifs is 1. The molecule has 6 nitrogen and oxygen atoms in total. The van der Waals surface area contributed by atoms with E-state index < -0.39 is 5.82 Å². The van der Waals surface area contributed by atoms with Crippen molar-refractivity contribution < 1.29 is 13.9 Å². The third-order valence-corrected chi connectivity index (χ3v) is 6.46. The van der Waals surface area contributed by atoms with E-state index in [1.165, 1.54) is 23.9 Å². The van der Waals surface area contributed by atoms with Crippen molar-refractivity contribution in [3.8, 4) is 22.9 Å². The zero-order chi connectivity index (χ0) is 23.4. The second kappa shape index (κ2) is 10.0. The third-order valence-electron chi connectivity index (χ3n) is 5.49. The van der Waals surface area contributed by atoms with Gasteiger partial charge in [-0.15, -0.1) is 0 Å². The normalized spacial score (nSPS) is 13.2. The number of aromatic nitrogens is 1. The topological polar surface area (TPSA) is 78.2 Å². The molecule has 1 amide bonds. The Morgan fingerprint density at radius 1 is 1.27 bits per heavy atom. The smallest absolute Gasteiger partial charge is 0.234 e. The van der Waals surface area contributed by atoms with Crippen molar-refractivity contribution in [2.45, 2.75) is 18.0 Å². The fourth-order valence-electron chi connectivity index (χ4n) is 3.84. The van der Waals surface area contributed by atoms with Gasteiger partial charge < -0.3 is 15.0 Å². The van der Waals surface area contributed by atoms with Gasteiger partial charge in [0, 0.05) is 30.8 Å². The molecule has 0 spiro atoms. The van der Waals surface area contributed by atoms with Crippen molar-refractivity contribution in [3.63, 3.8) is 0 Å². The van der Waals surface area contributed by atoms with Gasteiger partial charge in [0.1, 0.15) is 22.7 Å². The number of ether oxygens (including phenoxy) is 1. The number of thioether (sulfide) groups is 1. The predicted octanol–water partition coefficient (Wildman–Crippen LogP) is 4.49. The molecule has 2 aromatic carbocycles. The molecule has 0 radical (unpaired) electrons. The first-order valence-corrected chi connectivity index (χ1v) is 11.4. The van der Waals surface area contributed by atoms with E-state index in [2.05, 4.69) is 16.3 Å². The van der Waals surface area contributed by atoms with Crippen LogP contribution in [0.5, 0.6) is 5.75 Å². The maximum atomic E-state index is 13.9. The number of carbonyl (C=O) groups excluding carboxylic acids is 1. The molecule has 168 valence electrons. The molecular formula is C25H23FN4O2S. The summed E-state index contributed by atoms with van der Waals surface area (Å²) in [6.45, 7) is 1.56. The van der Waals surface area contributed by atoms with E-state index >= 15 is 0 Å². The van der Waals surface area contributed by atoms with Gasteiger partial charge in [-0.3, -0.25) is 4.79 Å². The molecule has 0 aliphatic carbocycles. The molecule has 33 heavy (non-hydrogen) atoms. The molecule has 0 atom stereocenters. The van der Waals surface area contributed by atoms with Gasteiger partial charge in [-0.25, -0.2) is 9.37 Å². The van der Waals surface area contributed by atoms with Gasteiger partial charge in [0.25, 0.3) is 0 Å². The fraction of sp³-hybridized carbons (Fsp3) is 0.240. The highest BCUT2D eigenvalue weighted by molar-refractivity contribution is 8.00.